The van der Waals surface area contributed by atoms with Gasteiger partial charge in [0.15, 0.2) is 0 Å². The molecule has 1 rings (SSSR count). The third kappa shape index (κ3) is 5.79. The molecule has 0 amide bonds. The summed E-state index contributed by atoms with van der Waals surface area (Å²) in [6, 6.07) is -0.183. The van der Waals surface area contributed by atoms with Crippen LogP contribution in [0.2, 0.25) is 0 Å². The van der Waals surface area contributed by atoms with E-state index in [2.05, 4.69) is 9.46 Å². The minimum Gasteiger partial charge on any atom is -0.469 e. The zero-order valence-electron chi connectivity index (χ0n) is 10.6. The molecule has 18 heavy (non-hydrogen) atoms. The van der Waals surface area contributed by atoms with E-state index in [9.17, 15) is 18.3 Å². The summed E-state index contributed by atoms with van der Waals surface area (Å²) in [6.07, 6.45) is 2.73. The van der Waals surface area contributed by atoms with Crippen LogP contribution in [0.5, 0.6) is 0 Å². The predicted molar refractivity (Wildman–Crippen MR) is 66.4 cm³/mol. The van der Waals surface area contributed by atoms with E-state index in [4.69, 9.17) is 0 Å². The molecule has 0 bridgehead atoms. The third-order valence-corrected chi connectivity index (χ3v) is 4.53. The Morgan fingerprint density at radius 2 is 2.17 bits per heavy atom. The van der Waals surface area contributed by atoms with Gasteiger partial charge in [0.1, 0.15) is 0 Å². The van der Waals surface area contributed by atoms with Crippen molar-refractivity contribution in [1.82, 2.24) is 4.72 Å². The maximum Gasteiger partial charge on any atom is 0.305 e. The zero-order chi connectivity index (χ0) is 13.6. The number of nitrogens with one attached hydrogen (secondary N) is 1. The van der Waals surface area contributed by atoms with Crippen LogP contribution < -0.4 is 4.72 Å². The second-order valence-corrected chi connectivity index (χ2v) is 6.51. The van der Waals surface area contributed by atoms with Gasteiger partial charge in [-0.2, -0.15) is 0 Å². The number of ether oxygens (including phenoxy) is 1. The Morgan fingerprint density at radius 1 is 1.44 bits per heavy atom. The third-order valence-electron chi connectivity index (χ3n) is 3.01. The number of hydrogen-bond acceptors (Lipinski definition) is 5. The average molecular weight is 279 g/mol. The molecule has 1 aliphatic carbocycles. The molecule has 7 heteroatoms. The van der Waals surface area contributed by atoms with Crippen LogP contribution in [0.1, 0.15) is 38.5 Å². The van der Waals surface area contributed by atoms with Crippen molar-refractivity contribution in [3.05, 3.63) is 0 Å². The van der Waals surface area contributed by atoms with Crippen LogP contribution in [0.4, 0.5) is 0 Å². The summed E-state index contributed by atoms with van der Waals surface area (Å²) >= 11 is 0. The Balaban J connectivity index is 2.32. The van der Waals surface area contributed by atoms with Gasteiger partial charge < -0.3 is 9.84 Å². The summed E-state index contributed by atoms with van der Waals surface area (Å²) in [5, 5.41) is 9.46. The van der Waals surface area contributed by atoms with Gasteiger partial charge in [-0.05, 0) is 32.1 Å². The van der Waals surface area contributed by atoms with E-state index < -0.39 is 22.1 Å². The molecule has 2 atom stereocenters. The maximum atomic E-state index is 11.7. The van der Waals surface area contributed by atoms with E-state index in [-0.39, 0.29) is 24.6 Å². The predicted octanol–water partition coefficient (Wildman–Crippen LogP) is 0.162. The number of methoxy groups -OCH3 is 1. The molecule has 0 saturated heterocycles. The molecule has 0 aliphatic heterocycles. The largest absolute Gasteiger partial charge is 0.469 e. The molecule has 0 radical (unpaired) electrons. The number of aliphatic hydroxyl groups excluding tert-OH is 1. The van der Waals surface area contributed by atoms with Gasteiger partial charge in [-0.15, -0.1) is 0 Å². The van der Waals surface area contributed by atoms with Crippen molar-refractivity contribution in [1.29, 1.82) is 0 Å². The highest BCUT2D eigenvalue weighted by molar-refractivity contribution is 7.89. The van der Waals surface area contributed by atoms with Gasteiger partial charge >= 0.3 is 5.97 Å². The number of hydrogen-bond donors (Lipinski definition) is 2. The Hall–Kier alpha value is -0.660. The average Bonchev–Trinajstić information content (AvgIpc) is 2.27. The van der Waals surface area contributed by atoms with Crippen molar-refractivity contribution in [3.8, 4) is 0 Å². The van der Waals surface area contributed by atoms with Gasteiger partial charge in [-0.25, -0.2) is 13.1 Å². The highest BCUT2D eigenvalue weighted by Gasteiger charge is 2.24. The molecule has 0 aromatic rings. The molecule has 1 fully saturated rings. The minimum absolute atomic E-state index is 0.0886. The lowest BCUT2D eigenvalue weighted by molar-refractivity contribution is -0.140. The molecule has 2 unspecified atom stereocenters. The molecule has 2 N–H and O–H groups in total. The summed E-state index contributed by atoms with van der Waals surface area (Å²) < 4.78 is 30.5. The van der Waals surface area contributed by atoms with Gasteiger partial charge in [-0.1, -0.05) is 0 Å². The second-order valence-electron chi connectivity index (χ2n) is 4.63. The number of esters is 1. The molecule has 0 heterocycles. The van der Waals surface area contributed by atoms with Crippen LogP contribution in [0, 0.1) is 0 Å². The summed E-state index contributed by atoms with van der Waals surface area (Å²) in [7, 11) is -2.10. The lowest BCUT2D eigenvalue weighted by atomic mass is 9.94. The van der Waals surface area contributed by atoms with E-state index in [0.29, 0.717) is 6.42 Å². The second kappa shape index (κ2) is 7.06. The number of aliphatic hydroxyl groups is 1. The molecule has 1 saturated carbocycles. The summed E-state index contributed by atoms with van der Waals surface area (Å²) in [5.41, 5.74) is 0. The standard InChI is InChI=1S/C11H21NO5S/c1-17-11(14)6-3-7-18(15,16)12-9-4-2-5-10(13)8-9/h9-10,12-13H,2-8H2,1H3. The first kappa shape index (κ1) is 15.4. The van der Waals surface area contributed by atoms with Gasteiger partial charge in [0.25, 0.3) is 0 Å². The van der Waals surface area contributed by atoms with Crippen molar-refractivity contribution in [2.45, 2.75) is 50.7 Å². The first-order chi connectivity index (χ1) is 8.43. The molecule has 106 valence electrons. The monoisotopic (exact) mass is 279 g/mol. The highest BCUT2D eigenvalue weighted by Crippen LogP contribution is 2.19. The smallest absolute Gasteiger partial charge is 0.305 e. The van der Waals surface area contributed by atoms with Crippen molar-refractivity contribution in [2.24, 2.45) is 0 Å². The van der Waals surface area contributed by atoms with Crippen LogP contribution in [-0.4, -0.2) is 44.5 Å². The normalized spacial score (nSPS) is 24.8. The van der Waals surface area contributed by atoms with E-state index in [1.54, 1.807) is 0 Å². The number of carbonyl (C=O) groups is 1. The van der Waals surface area contributed by atoms with Crippen molar-refractivity contribution < 1.29 is 23.1 Å². The van der Waals surface area contributed by atoms with Gasteiger partial charge in [0.2, 0.25) is 10.0 Å². The number of carbonyl (C=O) groups excluding carboxylic acids is 1. The fourth-order valence-corrected chi connectivity index (χ4v) is 3.46. The summed E-state index contributed by atoms with van der Waals surface area (Å²) in [5.74, 6) is -0.493. The topological polar surface area (TPSA) is 92.7 Å². The molecular weight excluding hydrogens is 258 g/mol. The fourth-order valence-electron chi connectivity index (χ4n) is 2.09. The quantitative estimate of drug-likeness (QED) is 0.676. The van der Waals surface area contributed by atoms with Crippen molar-refractivity contribution in [3.63, 3.8) is 0 Å². The van der Waals surface area contributed by atoms with E-state index >= 15 is 0 Å². The zero-order valence-corrected chi connectivity index (χ0v) is 11.4. The Labute approximate surface area is 108 Å². The summed E-state index contributed by atoms with van der Waals surface area (Å²) in [4.78, 5) is 10.9. The van der Waals surface area contributed by atoms with Gasteiger partial charge in [-0.3, -0.25) is 4.79 Å². The van der Waals surface area contributed by atoms with Gasteiger partial charge in [0, 0.05) is 12.5 Å². The van der Waals surface area contributed by atoms with Crippen molar-refractivity contribution in [2.75, 3.05) is 12.9 Å². The Bertz CT molecular complexity index is 368. The molecular formula is C11H21NO5S. The fraction of sp³-hybridized carbons (Fsp3) is 0.909. The SMILES string of the molecule is COC(=O)CCCS(=O)(=O)NC1CCCC(O)C1. The minimum atomic E-state index is -3.38. The first-order valence-electron chi connectivity index (χ1n) is 6.18. The lowest BCUT2D eigenvalue weighted by Crippen LogP contribution is -2.40. The molecule has 0 aromatic heterocycles. The van der Waals surface area contributed by atoms with Crippen LogP contribution >= 0.6 is 0 Å². The maximum absolute atomic E-state index is 11.7. The van der Waals surface area contributed by atoms with Gasteiger partial charge in [0.05, 0.1) is 19.0 Å². The molecule has 6 nitrogen and oxygen atoms in total. The van der Waals surface area contributed by atoms with Crippen molar-refractivity contribution >= 4 is 16.0 Å². The van der Waals surface area contributed by atoms with E-state index in [1.165, 1.54) is 7.11 Å². The van der Waals surface area contributed by atoms with Crippen LogP contribution in [-0.2, 0) is 19.6 Å². The van der Waals surface area contributed by atoms with Crippen LogP contribution in [0.3, 0.4) is 0 Å². The Kier molecular flexibility index (Phi) is 6.04. The number of sulfonamides is 1. The van der Waals surface area contributed by atoms with Crippen LogP contribution in [0.25, 0.3) is 0 Å². The lowest BCUT2D eigenvalue weighted by Gasteiger charge is -2.26. The van der Waals surface area contributed by atoms with E-state index in [0.717, 1.165) is 19.3 Å². The Morgan fingerprint density at radius 3 is 2.78 bits per heavy atom. The molecule has 0 aromatic carbocycles. The molecule has 1 aliphatic rings. The van der Waals surface area contributed by atoms with E-state index in [1.807, 2.05) is 0 Å². The highest BCUT2D eigenvalue weighted by atomic mass is 32.2. The summed E-state index contributed by atoms with van der Waals surface area (Å²) in [6.45, 7) is 0. The first-order valence-corrected chi connectivity index (χ1v) is 7.83. The molecule has 0 spiro atoms. The van der Waals surface area contributed by atoms with Crippen LogP contribution in [0.15, 0.2) is 0 Å². The number of rotatable bonds is 6.